The van der Waals surface area contributed by atoms with Crippen LogP contribution in [-0.4, -0.2) is 26.2 Å². The van der Waals surface area contributed by atoms with Gasteiger partial charge in [-0.1, -0.05) is 12.1 Å². The van der Waals surface area contributed by atoms with Crippen LogP contribution in [0.3, 0.4) is 0 Å². The molecule has 0 aliphatic rings. The topological polar surface area (TPSA) is 61.6 Å². The number of primary amides is 1. The summed E-state index contributed by atoms with van der Waals surface area (Å²) in [6.07, 6.45) is -0.0890. The van der Waals surface area contributed by atoms with Gasteiger partial charge in [0.2, 0.25) is 5.91 Å². The molecule has 1 unspecified atom stereocenters. The molecule has 0 aliphatic carbocycles. The highest BCUT2D eigenvalue weighted by Gasteiger charge is 2.14. The van der Waals surface area contributed by atoms with E-state index in [0.29, 0.717) is 6.42 Å². The molecule has 1 atom stereocenters. The van der Waals surface area contributed by atoms with Gasteiger partial charge in [-0.2, -0.15) is 0 Å². The Hall–Kier alpha value is -1.55. The predicted molar refractivity (Wildman–Crippen MR) is 56.7 cm³/mol. The van der Waals surface area contributed by atoms with E-state index >= 15 is 0 Å². The van der Waals surface area contributed by atoms with Gasteiger partial charge in [-0.25, -0.2) is 0 Å². The zero-order valence-corrected chi connectivity index (χ0v) is 8.90. The number of amides is 1. The van der Waals surface area contributed by atoms with Gasteiger partial charge in [0.15, 0.2) is 0 Å². The lowest BCUT2D eigenvalue weighted by Crippen LogP contribution is -2.32. The van der Waals surface area contributed by atoms with Gasteiger partial charge in [0.1, 0.15) is 11.9 Å². The first kappa shape index (κ1) is 11.5. The molecule has 1 rings (SSSR count). The maximum absolute atomic E-state index is 10.9. The van der Waals surface area contributed by atoms with Crippen molar-refractivity contribution in [2.45, 2.75) is 12.5 Å². The second kappa shape index (κ2) is 5.36. The van der Waals surface area contributed by atoms with E-state index in [0.717, 1.165) is 11.3 Å². The van der Waals surface area contributed by atoms with Crippen LogP contribution >= 0.6 is 0 Å². The van der Waals surface area contributed by atoms with Crippen LogP contribution in [-0.2, 0) is 16.0 Å². The number of nitrogens with two attached hydrogens (primary N) is 1. The standard InChI is InChI=1S/C11H15NO3/c1-14-9-5-3-8(4-6-9)7-10(15-2)11(12)13/h3-6,10H,7H2,1-2H3,(H2,12,13). The molecule has 15 heavy (non-hydrogen) atoms. The normalized spacial score (nSPS) is 12.1. The van der Waals surface area contributed by atoms with Crippen LogP contribution in [0.1, 0.15) is 5.56 Å². The van der Waals surface area contributed by atoms with Crippen molar-refractivity contribution < 1.29 is 14.3 Å². The third-order valence-corrected chi connectivity index (χ3v) is 2.18. The number of rotatable bonds is 5. The van der Waals surface area contributed by atoms with E-state index in [-0.39, 0.29) is 0 Å². The van der Waals surface area contributed by atoms with Gasteiger partial charge in [-0.05, 0) is 17.7 Å². The van der Waals surface area contributed by atoms with Crippen LogP contribution in [0, 0.1) is 0 Å². The van der Waals surface area contributed by atoms with Crippen molar-refractivity contribution in [1.29, 1.82) is 0 Å². The van der Waals surface area contributed by atoms with Gasteiger partial charge >= 0.3 is 0 Å². The van der Waals surface area contributed by atoms with Crippen LogP contribution < -0.4 is 10.5 Å². The molecule has 0 aromatic heterocycles. The highest BCUT2D eigenvalue weighted by Crippen LogP contribution is 2.13. The summed E-state index contributed by atoms with van der Waals surface area (Å²) >= 11 is 0. The van der Waals surface area contributed by atoms with Crippen molar-refractivity contribution in [3.63, 3.8) is 0 Å². The van der Waals surface area contributed by atoms with Crippen molar-refractivity contribution in [3.05, 3.63) is 29.8 Å². The van der Waals surface area contributed by atoms with Crippen LogP contribution in [0.4, 0.5) is 0 Å². The van der Waals surface area contributed by atoms with Crippen LogP contribution in [0.5, 0.6) is 5.75 Å². The minimum atomic E-state index is -0.571. The van der Waals surface area contributed by atoms with Gasteiger partial charge in [0.05, 0.1) is 7.11 Å². The molecule has 0 aliphatic heterocycles. The molecule has 4 nitrogen and oxygen atoms in total. The molecule has 0 radical (unpaired) electrons. The Balaban J connectivity index is 2.67. The van der Waals surface area contributed by atoms with E-state index in [4.69, 9.17) is 15.2 Å². The largest absolute Gasteiger partial charge is 0.497 e. The third-order valence-electron chi connectivity index (χ3n) is 2.18. The average molecular weight is 209 g/mol. The molecule has 0 saturated carbocycles. The number of benzene rings is 1. The van der Waals surface area contributed by atoms with Gasteiger partial charge in [-0.15, -0.1) is 0 Å². The minimum Gasteiger partial charge on any atom is -0.497 e. The Morgan fingerprint density at radius 3 is 2.33 bits per heavy atom. The molecule has 1 amide bonds. The molecule has 0 heterocycles. The average Bonchev–Trinajstić information content (AvgIpc) is 2.26. The van der Waals surface area contributed by atoms with Gasteiger partial charge in [0.25, 0.3) is 0 Å². The quantitative estimate of drug-likeness (QED) is 0.778. The summed E-state index contributed by atoms with van der Waals surface area (Å²) in [5, 5.41) is 0. The van der Waals surface area contributed by atoms with Gasteiger partial charge in [-0.3, -0.25) is 4.79 Å². The molecule has 0 spiro atoms. The smallest absolute Gasteiger partial charge is 0.246 e. The molecular weight excluding hydrogens is 194 g/mol. The van der Waals surface area contributed by atoms with E-state index < -0.39 is 12.0 Å². The minimum absolute atomic E-state index is 0.451. The molecule has 1 aromatic rings. The Morgan fingerprint density at radius 1 is 1.33 bits per heavy atom. The predicted octanol–water partition coefficient (Wildman–Crippen LogP) is 0.738. The SMILES string of the molecule is COc1ccc(CC(OC)C(N)=O)cc1. The van der Waals surface area contributed by atoms with Gasteiger partial charge < -0.3 is 15.2 Å². The summed E-state index contributed by atoms with van der Waals surface area (Å²) in [5.41, 5.74) is 6.15. The molecule has 82 valence electrons. The Labute approximate surface area is 89.0 Å². The fraction of sp³-hybridized carbons (Fsp3) is 0.364. The van der Waals surface area contributed by atoms with E-state index in [2.05, 4.69) is 0 Å². The zero-order valence-electron chi connectivity index (χ0n) is 8.90. The molecule has 0 saturated heterocycles. The molecule has 2 N–H and O–H groups in total. The second-order valence-corrected chi connectivity index (χ2v) is 3.18. The zero-order chi connectivity index (χ0) is 11.3. The summed E-state index contributed by atoms with van der Waals surface area (Å²) in [5.74, 6) is 0.333. The van der Waals surface area contributed by atoms with Crippen LogP contribution in [0.25, 0.3) is 0 Å². The van der Waals surface area contributed by atoms with Crippen LogP contribution in [0.2, 0.25) is 0 Å². The maximum Gasteiger partial charge on any atom is 0.246 e. The summed E-state index contributed by atoms with van der Waals surface area (Å²) < 4.78 is 9.99. The lowest BCUT2D eigenvalue weighted by atomic mass is 10.1. The van der Waals surface area contributed by atoms with Crippen molar-refractivity contribution in [3.8, 4) is 5.75 Å². The van der Waals surface area contributed by atoms with Crippen LogP contribution in [0.15, 0.2) is 24.3 Å². The lowest BCUT2D eigenvalue weighted by Gasteiger charge is -2.11. The van der Waals surface area contributed by atoms with E-state index in [9.17, 15) is 4.79 Å². The Kier molecular flexibility index (Phi) is 4.12. The highest BCUT2D eigenvalue weighted by molar-refractivity contribution is 5.79. The molecular formula is C11H15NO3. The number of hydrogen-bond donors (Lipinski definition) is 1. The maximum atomic E-state index is 10.9. The first-order chi connectivity index (χ1) is 7.17. The molecule has 0 fully saturated rings. The lowest BCUT2D eigenvalue weighted by molar-refractivity contribution is -0.127. The number of ether oxygens (including phenoxy) is 2. The summed E-state index contributed by atoms with van der Waals surface area (Å²) in [7, 11) is 3.08. The third kappa shape index (κ3) is 3.25. The monoisotopic (exact) mass is 209 g/mol. The summed E-state index contributed by atoms with van der Waals surface area (Å²) in [6, 6.07) is 7.44. The summed E-state index contributed by atoms with van der Waals surface area (Å²) in [4.78, 5) is 10.9. The van der Waals surface area contributed by atoms with Gasteiger partial charge in [0, 0.05) is 13.5 Å². The van der Waals surface area contributed by atoms with Crippen molar-refractivity contribution in [2.75, 3.05) is 14.2 Å². The van der Waals surface area contributed by atoms with E-state index in [1.807, 2.05) is 24.3 Å². The second-order valence-electron chi connectivity index (χ2n) is 3.18. The first-order valence-electron chi connectivity index (χ1n) is 4.62. The molecule has 0 bridgehead atoms. The highest BCUT2D eigenvalue weighted by atomic mass is 16.5. The first-order valence-corrected chi connectivity index (χ1v) is 4.62. The number of carbonyl (C=O) groups is 1. The van der Waals surface area contributed by atoms with E-state index in [1.165, 1.54) is 7.11 Å². The number of carbonyl (C=O) groups excluding carboxylic acids is 1. The molecule has 1 aromatic carbocycles. The molecule has 4 heteroatoms. The number of hydrogen-bond acceptors (Lipinski definition) is 3. The fourth-order valence-corrected chi connectivity index (χ4v) is 1.28. The number of methoxy groups -OCH3 is 2. The van der Waals surface area contributed by atoms with Crippen molar-refractivity contribution in [2.24, 2.45) is 5.73 Å². The van der Waals surface area contributed by atoms with Crippen molar-refractivity contribution in [1.82, 2.24) is 0 Å². The van der Waals surface area contributed by atoms with E-state index in [1.54, 1.807) is 7.11 Å². The fourth-order valence-electron chi connectivity index (χ4n) is 1.28. The Morgan fingerprint density at radius 2 is 1.93 bits per heavy atom. The van der Waals surface area contributed by atoms with Crippen molar-refractivity contribution >= 4 is 5.91 Å². The summed E-state index contributed by atoms with van der Waals surface area (Å²) in [6.45, 7) is 0. The Bertz CT molecular complexity index is 321.